The fourth-order valence-electron chi connectivity index (χ4n) is 8.53. The first-order chi connectivity index (χ1) is 22.8. The minimum Gasteiger partial charge on any atom is -0.508 e. The molecule has 0 aliphatic carbocycles. The van der Waals surface area contributed by atoms with Crippen LogP contribution in [0.25, 0.3) is 38.6 Å². The summed E-state index contributed by atoms with van der Waals surface area (Å²) in [6.45, 7) is 7.02. The zero-order valence-electron chi connectivity index (χ0n) is 25.7. The van der Waals surface area contributed by atoms with E-state index in [9.17, 15) is 9.50 Å². The monoisotopic (exact) mass is 633 g/mol. The predicted octanol–water partition coefficient (Wildman–Crippen LogP) is 4.99. The highest BCUT2D eigenvalue weighted by molar-refractivity contribution is 6.06. The van der Waals surface area contributed by atoms with Crippen molar-refractivity contribution in [2.24, 2.45) is 0 Å². The summed E-state index contributed by atoms with van der Waals surface area (Å²) in [5, 5.41) is 15.6. The Morgan fingerprint density at radius 1 is 1.13 bits per heavy atom. The molecule has 4 aliphatic heterocycles. The van der Waals surface area contributed by atoms with E-state index in [1.807, 2.05) is 16.7 Å². The van der Waals surface area contributed by atoms with E-state index in [0.717, 1.165) is 42.8 Å². The smallest absolute Gasteiger partial charge is 0.319 e. The molecule has 7 heterocycles. The second kappa shape index (κ2) is 10.4. The number of anilines is 1. The number of imidazole rings is 1. The molecular weight excluding hydrogens is 600 g/mol. The number of alkyl halides is 1. The number of piperazine rings is 1. The van der Waals surface area contributed by atoms with Gasteiger partial charge >= 0.3 is 6.01 Å². The van der Waals surface area contributed by atoms with Gasteiger partial charge < -0.3 is 20.1 Å². The van der Waals surface area contributed by atoms with Crippen molar-refractivity contribution in [1.82, 2.24) is 29.6 Å². The van der Waals surface area contributed by atoms with Crippen molar-refractivity contribution in [2.45, 2.75) is 49.5 Å². The molecule has 4 aliphatic rings. The van der Waals surface area contributed by atoms with Crippen LogP contribution in [-0.4, -0.2) is 85.9 Å². The van der Waals surface area contributed by atoms with Crippen molar-refractivity contribution < 1.29 is 18.6 Å². The van der Waals surface area contributed by atoms with Crippen molar-refractivity contribution in [3.8, 4) is 35.2 Å². The third-order valence-corrected chi connectivity index (χ3v) is 10.4. The number of hydrogen-bond donors (Lipinski definition) is 2. The van der Waals surface area contributed by atoms with Crippen LogP contribution in [0.4, 0.5) is 14.6 Å². The van der Waals surface area contributed by atoms with Gasteiger partial charge in [-0.15, -0.1) is 6.42 Å². The number of hydrogen-bond acceptors (Lipinski definition) is 8. The molecule has 4 saturated heterocycles. The maximum atomic E-state index is 15.1. The van der Waals surface area contributed by atoms with Crippen molar-refractivity contribution in [2.75, 3.05) is 37.7 Å². The van der Waals surface area contributed by atoms with Crippen LogP contribution in [0.3, 0.4) is 0 Å². The lowest BCUT2D eigenvalue weighted by molar-refractivity contribution is 0.107. The molecule has 9 rings (SSSR count). The average Bonchev–Trinajstić information content (AvgIpc) is 3.81. The summed E-state index contributed by atoms with van der Waals surface area (Å²) >= 11 is 0. The normalized spacial score (nSPS) is 25.7. The number of benzene rings is 2. The molecule has 9 nitrogen and oxygen atoms in total. The topological polar surface area (TPSA) is 91.1 Å². The number of nitrogens with zero attached hydrogens (tertiary/aromatic N) is 6. The summed E-state index contributed by atoms with van der Waals surface area (Å²) in [5.74, 6) is 2.73. The van der Waals surface area contributed by atoms with Crippen LogP contribution in [-0.2, 0) is 0 Å². The van der Waals surface area contributed by atoms with Gasteiger partial charge in [0.15, 0.2) is 5.82 Å². The number of nitrogens with one attached hydrogen (secondary N) is 1. The van der Waals surface area contributed by atoms with E-state index in [1.54, 1.807) is 24.4 Å². The average molecular weight is 634 g/mol. The molecule has 47 heavy (non-hydrogen) atoms. The largest absolute Gasteiger partial charge is 0.508 e. The van der Waals surface area contributed by atoms with Gasteiger partial charge in [-0.3, -0.25) is 9.30 Å². The minimum atomic E-state index is -0.914. The first kappa shape index (κ1) is 28.4. The molecule has 0 saturated carbocycles. The maximum absolute atomic E-state index is 15.1. The van der Waals surface area contributed by atoms with Crippen molar-refractivity contribution in [3.05, 3.63) is 66.3 Å². The number of phenolic OH excluding ortho intramolecular Hbond substituents is 1. The summed E-state index contributed by atoms with van der Waals surface area (Å²) < 4.78 is 38.1. The molecule has 3 aromatic heterocycles. The maximum Gasteiger partial charge on any atom is 0.319 e. The van der Waals surface area contributed by atoms with Gasteiger partial charge in [0.05, 0.1) is 16.6 Å². The van der Waals surface area contributed by atoms with Crippen molar-refractivity contribution in [3.63, 3.8) is 0 Å². The van der Waals surface area contributed by atoms with Crippen LogP contribution < -0.4 is 15.0 Å². The Morgan fingerprint density at radius 2 is 1.96 bits per heavy atom. The van der Waals surface area contributed by atoms with Gasteiger partial charge in [-0.1, -0.05) is 24.1 Å². The fraction of sp³-hybridized carbons (Fsp3) is 0.361. The Labute approximate surface area is 269 Å². The fourth-order valence-corrected chi connectivity index (χ4v) is 8.53. The van der Waals surface area contributed by atoms with E-state index in [0.29, 0.717) is 71.1 Å². The lowest BCUT2D eigenvalue weighted by atomic mass is 9.93. The van der Waals surface area contributed by atoms with Crippen LogP contribution in [0.1, 0.15) is 31.2 Å². The Morgan fingerprint density at radius 3 is 2.77 bits per heavy atom. The molecule has 2 N–H and O–H groups in total. The highest BCUT2D eigenvalue weighted by Gasteiger charge is 2.51. The number of aromatic hydroxyl groups is 1. The molecule has 4 atom stereocenters. The van der Waals surface area contributed by atoms with E-state index >= 15 is 4.39 Å². The summed E-state index contributed by atoms with van der Waals surface area (Å²) in [6, 6.07) is 8.87. The molecule has 0 spiro atoms. The molecular formula is C36H33F2N7O2. The Hall–Kier alpha value is -4.79. The van der Waals surface area contributed by atoms with Gasteiger partial charge in [-0.25, -0.2) is 13.8 Å². The quantitative estimate of drug-likeness (QED) is 0.207. The SMILES string of the molecule is C#Cc1c(F)ccc2cc(O)cc(-c3cc4nc(OC[C@]56CC(=C)CN5C[C@@H](F)C6)nc(N5C[C@H]6CC[C@@H](C5)N6)c4n4ccnc34)c12. The number of pyridine rings is 1. The van der Waals surface area contributed by atoms with Crippen LogP contribution in [0, 0.1) is 18.2 Å². The standard InChI is InChI=1S/C36H33F2N7O2/c1-3-26-29(38)7-4-21-10-25(46)11-27(31(21)26)28-12-30-32(45-9-8-39-33(28)45)34(43-17-23-5-6-24(18-43)40-23)42-35(41-30)47-19-36-13-20(2)15-44(36)16-22(37)14-36/h1,4,7-12,22-24,40,46H,2,5-6,13-19H2/t22-,23-,24+,36+/m0/s1. The molecule has 2 bridgehead atoms. The van der Waals surface area contributed by atoms with Gasteiger partial charge in [0.25, 0.3) is 0 Å². The number of ether oxygens (including phenoxy) is 1. The molecule has 0 unspecified atom stereocenters. The molecule has 5 aromatic rings. The lowest BCUT2D eigenvalue weighted by Gasteiger charge is -2.34. The zero-order valence-corrected chi connectivity index (χ0v) is 25.7. The van der Waals surface area contributed by atoms with E-state index < -0.39 is 17.5 Å². The highest BCUT2D eigenvalue weighted by Crippen LogP contribution is 2.43. The first-order valence-corrected chi connectivity index (χ1v) is 16.1. The number of halogens is 2. The minimum absolute atomic E-state index is 0.0141. The summed E-state index contributed by atoms with van der Waals surface area (Å²) in [6.07, 6.45) is 11.7. The van der Waals surface area contributed by atoms with Gasteiger partial charge in [-0.2, -0.15) is 9.97 Å². The summed E-state index contributed by atoms with van der Waals surface area (Å²) in [7, 11) is 0. The third kappa shape index (κ3) is 4.46. The zero-order chi connectivity index (χ0) is 32.0. The van der Waals surface area contributed by atoms with E-state index in [-0.39, 0.29) is 23.9 Å². The second-order valence-electron chi connectivity index (χ2n) is 13.6. The highest BCUT2D eigenvalue weighted by atomic mass is 19.1. The molecule has 0 radical (unpaired) electrons. The van der Waals surface area contributed by atoms with Crippen molar-refractivity contribution >= 4 is 33.3 Å². The molecule has 0 amide bonds. The van der Waals surface area contributed by atoms with Gasteiger partial charge in [-0.05, 0) is 54.5 Å². The first-order valence-electron chi connectivity index (χ1n) is 16.1. The summed E-state index contributed by atoms with van der Waals surface area (Å²) in [5.41, 5.74) is 3.81. The van der Waals surface area contributed by atoms with Crippen LogP contribution in [0.2, 0.25) is 0 Å². The van der Waals surface area contributed by atoms with Crippen LogP contribution >= 0.6 is 0 Å². The Kier molecular flexibility index (Phi) is 6.27. The number of phenols is 1. The van der Waals surface area contributed by atoms with E-state index in [4.69, 9.17) is 26.1 Å². The summed E-state index contributed by atoms with van der Waals surface area (Å²) in [4.78, 5) is 19.1. The van der Waals surface area contributed by atoms with Crippen LogP contribution in [0.15, 0.2) is 54.9 Å². The van der Waals surface area contributed by atoms with E-state index in [1.165, 1.54) is 6.07 Å². The molecule has 2 aromatic carbocycles. The molecule has 238 valence electrons. The Balaban J connectivity index is 1.24. The van der Waals surface area contributed by atoms with Crippen LogP contribution in [0.5, 0.6) is 11.8 Å². The van der Waals surface area contributed by atoms with Crippen molar-refractivity contribution in [1.29, 1.82) is 0 Å². The predicted molar refractivity (Wildman–Crippen MR) is 176 cm³/mol. The third-order valence-electron chi connectivity index (χ3n) is 10.4. The number of aromatic nitrogens is 4. The van der Waals surface area contributed by atoms with E-state index in [2.05, 4.69) is 27.6 Å². The van der Waals surface area contributed by atoms with Gasteiger partial charge in [0, 0.05) is 68.0 Å². The van der Waals surface area contributed by atoms with Gasteiger partial charge in [0.1, 0.15) is 35.5 Å². The lowest BCUT2D eigenvalue weighted by Crippen LogP contribution is -2.51. The van der Waals surface area contributed by atoms with Gasteiger partial charge in [0.2, 0.25) is 0 Å². The number of fused-ring (bicyclic) bond motifs is 7. The Bertz CT molecular complexity index is 2160. The number of rotatable bonds is 5. The molecule has 11 heteroatoms. The molecule has 4 fully saturated rings. The second-order valence-corrected chi connectivity index (χ2v) is 13.6. The number of terminal acetylenes is 1.